The van der Waals surface area contributed by atoms with Crippen LogP contribution in [0.2, 0.25) is 5.02 Å². The lowest BCUT2D eigenvalue weighted by Crippen LogP contribution is -2.38. The van der Waals surface area contributed by atoms with E-state index in [2.05, 4.69) is 15.3 Å². The van der Waals surface area contributed by atoms with Crippen molar-refractivity contribution >= 4 is 11.6 Å². The SMILES string of the molecule is CNCC1CCCN(Cc2c(Cl)c(C)nn2C)C1. The number of nitrogens with one attached hydrogen (secondary N) is 1. The molecule has 2 rings (SSSR count). The molecule has 0 aromatic carbocycles. The van der Waals surface area contributed by atoms with Gasteiger partial charge in [-0.2, -0.15) is 5.10 Å². The fraction of sp³-hybridized carbons (Fsp3) is 0.769. The van der Waals surface area contributed by atoms with Crippen LogP contribution in [0.5, 0.6) is 0 Å². The quantitative estimate of drug-likeness (QED) is 0.906. The van der Waals surface area contributed by atoms with Crippen molar-refractivity contribution in [2.45, 2.75) is 26.3 Å². The number of likely N-dealkylation sites (tertiary alicyclic amines) is 1. The Morgan fingerprint density at radius 2 is 2.28 bits per heavy atom. The summed E-state index contributed by atoms with van der Waals surface area (Å²) in [6.07, 6.45) is 2.61. The molecule has 1 saturated heterocycles. The van der Waals surface area contributed by atoms with E-state index in [0.29, 0.717) is 0 Å². The second-order valence-electron chi connectivity index (χ2n) is 5.27. The predicted octanol–water partition coefficient (Wildman–Crippen LogP) is 1.81. The van der Waals surface area contributed by atoms with Gasteiger partial charge < -0.3 is 5.32 Å². The molecule has 0 saturated carbocycles. The van der Waals surface area contributed by atoms with Gasteiger partial charge in [-0.05, 0) is 45.8 Å². The lowest BCUT2D eigenvalue weighted by molar-refractivity contribution is 0.163. The summed E-state index contributed by atoms with van der Waals surface area (Å²) >= 11 is 6.31. The molecule has 0 amide bonds. The van der Waals surface area contributed by atoms with Gasteiger partial charge in [0.25, 0.3) is 0 Å². The van der Waals surface area contributed by atoms with E-state index in [-0.39, 0.29) is 0 Å². The molecule has 0 bridgehead atoms. The molecule has 2 heterocycles. The van der Waals surface area contributed by atoms with Crippen LogP contribution in [0.25, 0.3) is 0 Å². The minimum absolute atomic E-state index is 0.761. The maximum atomic E-state index is 6.31. The highest BCUT2D eigenvalue weighted by molar-refractivity contribution is 6.31. The first-order valence-electron chi connectivity index (χ1n) is 6.66. The molecule has 0 radical (unpaired) electrons. The standard InChI is InChI=1S/C13H23ClN4/c1-10-13(14)12(17(3)16-10)9-18-6-4-5-11(8-18)7-15-2/h11,15H,4-9H2,1-3H3. The number of rotatable bonds is 4. The molecule has 1 aliphatic heterocycles. The van der Waals surface area contributed by atoms with Crippen LogP contribution >= 0.6 is 11.6 Å². The minimum Gasteiger partial charge on any atom is -0.319 e. The monoisotopic (exact) mass is 270 g/mol. The Kier molecular flexibility index (Phi) is 4.65. The van der Waals surface area contributed by atoms with Gasteiger partial charge in [-0.25, -0.2) is 0 Å². The van der Waals surface area contributed by atoms with Crippen LogP contribution in [-0.2, 0) is 13.6 Å². The maximum Gasteiger partial charge on any atom is 0.0860 e. The van der Waals surface area contributed by atoms with E-state index in [4.69, 9.17) is 11.6 Å². The molecule has 1 fully saturated rings. The normalized spacial score (nSPS) is 21.4. The fourth-order valence-corrected chi connectivity index (χ4v) is 3.03. The molecule has 0 spiro atoms. The van der Waals surface area contributed by atoms with Crippen LogP contribution in [0.3, 0.4) is 0 Å². The number of piperidine rings is 1. The molecule has 102 valence electrons. The zero-order valence-corrected chi connectivity index (χ0v) is 12.3. The topological polar surface area (TPSA) is 33.1 Å². The van der Waals surface area contributed by atoms with Gasteiger partial charge in [-0.3, -0.25) is 9.58 Å². The van der Waals surface area contributed by atoms with Gasteiger partial charge in [0.05, 0.1) is 16.4 Å². The van der Waals surface area contributed by atoms with Gasteiger partial charge >= 0.3 is 0 Å². The third-order valence-corrected chi connectivity index (χ3v) is 4.22. The fourth-order valence-electron chi connectivity index (χ4n) is 2.81. The van der Waals surface area contributed by atoms with E-state index >= 15 is 0 Å². The third-order valence-electron chi connectivity index (χ3n) is 3.73. The highest BCUT2D eigenvalue weighted by Crippen LogP contribution is 2.23. The molecule has 1 aromatic heterocycles. The summed E-state index contributed by atoms with van der Waals surface area (Å²) in [6, 6.07) is 0. The number of aromatic nitrogens is 2. The first kappa shape index (κ1) is 13.8. The molecule has 4 nitrogen and oxygen atoms in total. The second-order valence-corrected chi connectivity index (χ2v) is 5.65. The average Bonchev–Trinajstić information content (AvgIpc) is 2.57. The second kappa shape index (κ2) is 6.04. The maximum absolute atomic E-state index is 6.31. The van der Waals surface area contributed by atoms with Gasteiger partial charge in [0, 0.05) is 20.1 Å². The van der Waals surface area contributed by atoms with Crippen molar-refractivity contribution in [3.8, 4) is 0 Å². The molecule has 0 aliphatic carbocycles. The van der Waals surface area contributed by atoms with Gasteiger partial charge in [0.1, 0.15) is 0 Å². The Bertz CT molecular complexity index is 400. The Morgan fingerprint density at radius 1 is 1.50 bits per heavy atom. The molecular weight excluding hydrogens is 248 g/mol. The Morgan fingerprint density at radius 3 is 2.89 bits per heavy atom. The van der Waals surface area contributed by atoms with E-state index in [1.165, 1.54) is 19.4 Å². The van der Waals surface area contributed by atoms with Gasteiger partial charge in [-0.15, -0.1) is 0 Å². The Labute approximate surface area is 114 Å². The molecule has 1 atom stereocenters. The van der Waals surface area contributed by atoms with Crippen molar-refractivity contribution in [3.63, 3.8) is 0 Å². The molecule has 1 unspecified atom stereocenters. The van der Waals surface area contributed by atoms with Crippen LogP contribution in [0, 0.1) is 12.8 Å². The average molecular weight is 271 g/mol. The summed E-state index contributed by atoms with van der Waals surface area (Å²) in [5.74, 6) is 0.761. The zero-order valence-electron chi connectivity index (χ0n) is 11.5. The summed E-state index contributed by atoms with van der Waals surface area (Å²) in [5, 5.41) is 8.48. The smallest absolute Gasteiger partial charge is 0.0860 e. The minimum atomic E-state index is 0.761. The number of halogens is 1. The lowest BCUT2D eigenvalue weighted by Gasteiger charge is -2.32. The summed E-state index contributed by atoms with van der Waals surface area (Å²) in [6.45, 7) is 6.30. The lowest BCUT2D eigenvalue weighted by atomic mass is 9.98. The number of hydrogen-bond acceptors (Lipinski definition) is 3. The molecule has 5 heteroatoms. The van der Waals surface area contributed by atoms with Crippen LogP contribution < -0.4 is 5.32 Å². The van der Waals surface area contributed by atoms with E-state index in [9.17, 15) is 0 Å². The first-order chi connectivity index (χ1) is 8.61. The van der Waals surface area contributed by atoms with Crippen LogP contribution in [0.15, 0.2) is 0 Å². The van der Waals surface area contributed by atoms with Crippen LogP contribution in [0.4, 0.5) is 0 Å². The van der Waals surface area contributed by atoms with Crippen molar-refractivity contribution in [1.82, 2.24) is 20.0 Å². The van der Waals surface area contributed by atoms with Crippen molar-refractivity contribution in [2.24, 2.45) is 13.0 Å². The van der Waals surface area contributed by atoms with Gasteiger partial charge in [-0.1, -0.05) is 11.6 Å². The molecule has 1 aliphatic rings. The van der Waals surface area contributed by atoms with Gasteiger partial charge in [0.2, 0.25) is 0 Å². The van der Waals surface area contributed by atoms with Crippen molar-refractivity contribution in [2.75, 3.05) is 26.7 Å². The molecule has 1 N–H and O–H groups in total. The first-order valence-corrected chi connectivity index (χ1v) is 7.04. The van der Waals surface area contributed by atoms with Crippen LogP contribution in [-0.4, -0.2) is 41.4 Å². The van der Waals surface area contributed by atoms with E-state index < -0.39 is 0 Å². The van der Waals surface area contributed by atoms with E-state index in [1.54, 1.807) is 0 Å². The molecule has 1 aromatic rings. The highest BCUT2D eigenvalue weighted by Gasteiger charge is 2.21. The molecule has 18 heavy (non-hydrogen) atoms. The zero-order chi connectivity index (χ0) is 13.1. The number of aryl methyl sites for hydroxylation is 2. The summed E-state index contributed by atoms with van der Waals surface area (Å²) in [4.78, 5) is 2.49. The van der Waals surface area contributed by atoms with Crippen LogP contribution in [0.1, 0.15) is 24.2 Å². The third kappa shape index (κ3) is 3.05. The number of nitrogens with zero attached hydrogens (tertiary/aromatic N) is 3. The van der Waals surface area contributed by atoms with Gasteiger partial charge in [0.15, 0.2) is 0 Å². The highest BCUT2D eigenvalue weighted by atomic mass is 35.5. The van der Waals surface area contributed by atoms with Crippen molar-refractivity contribution < 1.29 is 0 Å². The van der Waals surface area contributed by atoms with E-state index in [0.717, 1.165) is 42.0 Å². The summed E-state index contributed by atoms with van der Waals surface area (Å²) in [7, 11) is 4.00. The van der Waals surface area contributed by atoms with E-state index in [1.807, 2.05) is 25.7 Å². The predicted molar refractivity (Wildman–Crippen MR) is 74.9 cm³/mol. The Balaban J connectivity index is 2.00. The van der Waals surface area contributed by atoms with Crippen molar-refractivity contribution in [1.29, 1.82) is 0 Å². The largest absolute Gasteiger partial charge is 0.319 e. The number of hydrogen-bond donors (Lipinski definition) is 1. The molecular formula is C13H23ClN4. The Hall–Kier alpha value is -0.580. The summed E-state index contributed by atoms with van der Waals surface area (Å²) < 4.78 is 1.92. The summed E-state index contributed by atoms with van der Waals surface area (Å²) in [5.41, 5.74) is 2.07. The van der Waals surface area contributed by atoms with Crippen molar-refractivity contribution in [3.05, 3.63) is 16.4 Å².